The average Bonchev–Trinajstić information content (AvgIpc) is 3.21. The summed E-state index contributed by atoms with van der Waals surface area (Å²) in [5.41, 5.74) is 6.42. The Morgan fingerprint density at radius 3 is 2.60 bits per heavy atom. The van der Waals surface area contributed by atoms with Gasteiger partial charge in [0.1, 0.15) is 0 Å². The molecule has 2 aromatic heterocycles. The lowest BCUT2D eigenvalue weighted by Gasteiger charge is -2.31. The molecule has 35 heavy (non-hydrogen) atoms. The number of rotatable bonds is 4. The fraction of sp³-hybridized carbons (Fsp3) is 0.179. The summed E-state index contributed by atoms with van der Waals surface area (Å²) in [5.74, 6) is 1.30. The van der Waals surface area contributed by atoms with E-state index in [1.165, 1.54) is 16.9 Å². The van der Waals surface area contributed by atoms with E-state index in [2.05, 4.69) is 29.2 Å². The van der Waals surface area contributed by atoms with Crippen LogP contribution in [0.15, 0.2) is 82.4 Å². The van der Waals surface area contributed by atoms with Crippen molar-refractivity contribution >= 4 is 23.1 Å². The summed E-state index contributed by atoms with van der Waals surface area (Å²) >= 11 is 1.42. The highest BCUT2D eigenvalue weighted by atomic mass is 32.1. The molecule has 3 heterocycles. The Hall–Kier alpha value is -3.97. The van der Waals surface area contributed by atoms with Crippen LogP contribution >= 0.6 is 11.3 Å². The molecule has 0 radical (unpaired) electrons. The molecule has 6 rings (SSSR count). The van der Waals surface area contributed by atoms with Gasteiger partial charge in [-0.1, -0.05) is 41.7 Å². The Balaban J connectivity index is 1.63. The quantitative estimate of drug-likeness (QED) is 0.446. The molecular formula is C28H23N3O3S. The number of allylic oxidation sites excluding steroid dienone is 1. The fourth-order valence-electron chi connectivity index (χ4n) is 4.96. The van der Waals surface area contributed by atoms with Gasteiger partial charge in [0.25, 0.3) is 5.56 Å². The number of benzene rings is 2. The van der Waals surface area contributed by atoms with Crippen LogP contribution in [0.3, 0.4) is 0 Å². The third-order valence-corrected chi connectivity index (χ3v) is 7.58. The number of aryl methyl sites for hydroxylation is 1. The van der Waals surface area contributed by atoms with E-state index < -0.39 is 0 Å². The summed E-state index contributed by atoms with van der Waals surface area (Å²) in [6, 6.07) is 17.8. The fourth-order valence-corrected chi connectivity index (χ4v) is 5.96. The van der Waals surface area contributed by atoms with E-state index in [0.29, 0.717) is 20.8 Å². The summed E-state index contributed by atoms with van der Waals surface area (Å²) in [7, 11) is 3.25. The Bertz CT molecular complexity index is 1650. The van der Waals surface area contributed by atoms with Gasteiger partial charge in [0, 0.05) is 18.0 Å². The first kappa shape index (κ1) is 21.6. The van der Waals surface area contributed by atoms with Gasteiger partial charge < -0.3 is 9.47 Å². The molecule has 7 heteroatoms. The van der Waals surface area contributed by atoms with Gasteiger partial charge in [-0.25, -0.2) is 4.99 Å². The number of fused-ring (bicyclic) bond motifs is 3. The van der Waals surface area contributed by atoms with E-state index in [1.54, 1.807) is 26.6 Å². The van der Waals surface area contributed by atoms with Crippen molar-refractivity contribution in [1.29, 1.82) is 0 Å². The Labute approximate surface area is 206 Å². The topological polar surface area (TPSA) is 65.7 Å². The molecule has 0 saturated heterocycles. The molecule has 1 aliphatic heterocycles. The number of thiazole rings is 1. The number of hydrogen-bond acceptors (Lipinski definition) is 6. The summed E-state index contributed by atoms with van der Waals surface area (Å²) in [6.07, 6.45) is 7.11. The normalized spacial score (nSPS) is 16.7. The van der Waals surface area contributed by atoms with Gasteiger partial charge in [-0.15, -0.1) is 0 Å². The second kappa shape index (κ2) is 8.67. The van der Waals surface area contributed by atoms with E-state index in [9.17, 15) is 4.79 Å². The first-order chi connectivity index (χ1) is 17.2. The van der Waals surface area contributed by atoms with E-state index in [4.69, 9.17) is 14.5 Å². The van der Waals surface area contributed by atoms with Crippen molar-refractivity contribution in [3.05, 3.63) is 115 Å². The second-order valence-electron chi connectivity index (χ2n) is 8.51. The van der Waals surface area contributed by atoms with E-state index in [1.807, 2.05) is 41.0 Å². The van der Waals surface area contributed by atoms with Crippen molar-refractivity contribution in [3.63, 3.8) is 0 Å². The van der Waals surface area contributed by atoms with Crippen LogP contribution in [0.25, 0.3) is 11.8 Å². The van der Waals surface area contributed by atoms with Crippen LogP contribution < -0.4 is 24.4 Å². The molecule has 0 spiro atoms. The highest BCUT2D eigenvalue weighted by Gasteiger charge is 2.33. The molecule has 2 aliphatic rings. The van der Waals surface area contributed by atoms with Crippen LogP contribution in [0.4, 0.5) is 0 Å². The van der Waals surface area contributed by atoms with Crippen molar-refractivity contribution in [2.45, 2.75) is 18.9 Å². The minimum Gasteiger partial charge on any atom is -0.493 e. The largest absolute Gasteiger partial charge is 0.493 e. The number of pyridine rings is 1. The van der Waals surface area contributed by atoms with Crippen molar-refractivity contribution in [2.75, 3.05) is 14.2 Å². The predicted octanol–water partition coefficient (Wildman–Crippen LogP) is 3.73. The van der Waals surface area contributed by atoms with Gasteiger partial charge in [0.05, 0.1) is 30.5 Å². The Morgan fingerprint density at radius 1 is 1.00 bits per heavy atom. The molecule has 0 fully saturated rings. The van der Waals surface area contributed by atoms with E-state index in [-0.39, 0.29) is 11.6 Å². The van der Waals surface area contributed by atoms with E-state index >= 15 is 0 Å². The highest BCUT2D eigenvalue weighted by molar-refractivity contribution is 7.07. The molecule has 6 nitrogen and oxygen atoms in total. The van der Waals surface area contributed by atoms with Gasteiger partial charge in [-0.2, -0.15) is 0 Å². The summed E-state index contributed by atoms with van der Waals surface area (Å²) < 4.78 is 13.6. The smallest absolute Gasteiger partial charge is 0.271 e. The van der Waals surface area contributed by atoms with Crippen LogP contribution in [-0.2, 0) is 6.42 Å². The maximum absolute atomic E-state index is 13.8. The molecular weight excluding hydrogens is 458 g/mol. The van der Waals surface area contributed by atoms with Crippen LogP contribution in [0.1, 0.15) is 34.7 Å². The number of hydrogen-bond donors (Lipinski definition) is 0. The van der Waals surface area contributed by atoms with Crippen molar-refractivity contribution < 1.29 is 9.47 Å². The third kappa shape index (κ3) is 3.59. The minimum atomic E-state index is -0.269. The van der Waals surface area contributed by atoms with Gasteiger partial charge in [-0.05, 0) is 65.4 Å². The third-order valence-electron chi connectivity index (χ3n) is 6.60. The molecule has 0 unspecified atom stereocenters. The second-order valence-corrected chi connectivity index (χ2v) is 9.52. The molecule has 0 N–H and O–H groups in total. The highest BCUT2D eigenvalue weighted by Crippen LogP contribution is 2.42. The average molecular weight is 482 g/mol. The zero-order valence-corrected chi connectivity index (χ0v) is 20.2. The van der Waals surface area contributed by atoms with Crippen molar-refractivity contribution in [1.82, 2.24) is 9.55 Å². The minimum absolute atomic E-state index is 0.0456. The number of aromatic nitrogens is 2. The molecule has 2 aromatic carbocycles. The van der Waals surface area contributed by atoms with Crippen LogP contribution in [-0.4, -0.2) is 23.8 Å². The lowest BCUT2D eigenvalue weighted by atomic mass is 9.83. The van der Waals surface area contributed by atoms with Crippen LogP contribution in [0, 0.1) is 0 Å². The molecule has 0 amide bonds. The summed E-state index contributed by atoms with van der Waals surface area (Å²) in [6.45, 7) is 0. The SMILES string of the molecule is COc1ccc([C@H]2C3=C(N=c4s/c(=C/c5ccncc5)c(=O)n42)c2ccccc2CC3)cc1OC. The van der Waals surface area contributed by atoms with Gasteiger partial charge in [0.15, 0.2) is 16.3 Å². The van der Waals surface area contributed by atoms with Gasteiger partial charge in [0.2, 0.25) is 0 Å². The molecule has 4 aromatic rings. The standard InChI is InChI=1S/C28H23N3O3S/c1-33-22-10-8-19(16-23(22)34-2)26-21-9-7-18-5-3-4-6-20(18)25(21)30-28-31(26)27(32)24(35-28)15-17-11-13-29-14-12-17/h3-6,8,10-16,26H,7,9H2,1-2H3/b24-15+/t26-/m0/s1. The first-order valence-corrected chi connectivity index (χ1v) is 12.2. The first-order valence-electron chi connectivity index (χ1n) is 11.4. The van der Waals surface area contributed by atoms with Gasteiger partial charge >= 0.3 is 0 Å². The zero-order chi connectivity index (χ0) is 23.9. The van der Waals surface area contributed by atoms with E-state index in [0.717, 1.165) is 40.8 Å². The monoisotopic (exact) mass is 481 g/mol. The predicted molar refractivity (Wildman–Crippen MR) is 137 cm³/mol. The van der Waals surface area contributed by atoms with Crippen molar-refractivity contribution in [2.24, 2.45) is 4.99 Å². The summed E-state index contributed by atoms with van der Waals surface area (Å²) in [5, 5.41) is 0. The maximum Gasteiger partial charge on any atom is 0.271 e. The number of ether oxygens (including phenoxy) is 2. The number of methoxy groups -OCH3 is 2. The zero-order valence-electron chi connectivity index (χ0n) is 19.4. The van der Waals surface area contributed by atoms with Crippen LogP contribution in [0.2, 0.25) is 0 Å². The molecule has 0 saturated carbocycles. The van der Waals surface area contributed by atoms with Gasteiger partial charge in [-0.3, -0.25) is 14.3 Å². The molecule has 0 bridgehead atoms. The molecule has 174 valence electrons. The molecule has 1 aliphatic carbocycles. The Kier molecular flexibility index (Phi) is 5.34. The van der Waals surface area contributed by atoms with Crippen molar-refractivity contribution in [3.8, 4) is 11.5 Å². The van der Waals surface area contributed by atoms with Crippen LogP contribution in [0.5, 0.6) is 11.5 Å². The Morgan fingerprint density at radius 2 is 1.80 bits per heavy atom. The lowest BCUT2D eigenvalue weighted by Crippen LogP contribution is -2.38. The number of nitrogens with zero attached hydrogens (tertiary/aromatic N) is 3. The maximum atomic E-state index is 13.8. The molecule has 1 atom stereocenters. The lowest BCUT2D eigenvalue weighted by molar-refractivity contribution is 0.354. The summed E-state index contributed by atoms with van der Waals surface area (Å²) in [4.78, 5) is 23.6.